The van der Waals surface area contributed by atoms with Gasteiger partial charge < -0.3 is 9.64 Å². The van der Waals surface area contributed by atoms with Crippen molar-refractivity contribution in [1.82, 2.24) is 24.8 Å². The van der Waals surface area contributed by atoms with E-state index in [1.807, 2.05) is 6.20 Å². The van der Waals surface area contributed by atoms with Gasteiger partial charge in [0.1, 0.15) is 11.1 Å². The van der Waals surface area contributed by atoms with Crippen LogP contribution in [0.1, 0.15) is 48.0 Å². The third kappa shape index (κ3) is 5.47. The summed E-state index contributed by atoms with van der Waals surface area (Å²) >= 11 is 1.06. The lowest BCUT2D eigenvalue weighted by molar-refractivity contribution is -0.140. The minimum absolute atomic E-state index is 0.0479. The number of aromatic nitrogens is 3. The molecule has 2 aromatic heterocycles. The van der Waals surface area contributed by atoms with Gasteiger partial charge in [0.2, 0.25) is 5.88 Å². The van der Waals surface area contributed by atoms with E-state index in [0.717, 1.165) is 74.3 Å². The van der Waals surface area contributed by atoms with Crippen molar-refractivity contribution in [2.24, 2.45) is 0 Å². The second-order valence-electron chi connectivity index (χ2n) is 8.07. The molecule has 2 saturated heterocycles. The van der Waals surface area contributed by atoms with Crippen LogP contribution in [0.3, 0.4) is 0 Å². The largest absolute Gasteiger partial charge is 0.473 e. The minimum Gasteiger partial charge on any atom is -0.473 e. The van der Waals surface area contributed by atoms with E-state index in [9.17, 15) is 13.2 Å². The highest BCUT2D eigenvalue weighted by Crippen LogP contribution is 2.31. The standard InChI is InChI=1S/C20H26F3N5OS/c1-27-6-2-14(3-7-27)16-10-25-18(11-24-16)29-15-4-8-28(9-5-15)12-19-26-17(13-30-19)20(21,22)23/h10-11,13-15H,2-9,12H2,1H3. The molecule has 0 N–H and O–H groups in total. The summed E-state index contributed by atoms with van der Waals surface area (Å²) in [6, 6.07) is 0. The lowest BCUT2D eigenvalue weighted by atomic mass is 9.94. The molecule has 0 aliphatic carbocycles. The average Bonchev–Trinajstić information content (AvgIpc) is 3.20. The molecule has 0 atom stereocenters. The molecule has 10 heteroatoms. The van der Waals surface area contributed by atoms with Gasteiger partial charge in [-0.25, -0.2) is 9.97 Å². The molecule has 0 spiro atoms. The zero-order chi connectivity index (χ0) is 21.1. The number of hydrogen-bond acceptors (Lipinski definition) is 7. The summed E-state index contributed by atoms with van der Waals surface area (Å²) in [5.41, 5.74) is 0.231. The molecule has 0 amide bonds. The van der Waals surface area contributed by atoms with E-state index >= 15 is 0 Å². The van der Waals surface area contributed by atoms with Crippen LogP contribution < -0.4 is 4.74 Å². The van der Waals surface area contributed by atoms with Crippen molar-refractivity contribution < 1.29 is 17.9 Å². The van der Waals surface area contributed by atoms with Gasteiger partial charge in [-0.15, -0.1) is 11.3 Å². The number of thiazole rings is 1. The number of ether oxygens (including phenoxy) is 1. The number of halogens is 3. The first-order valence-corrected chi connectivity index (χ1v) is 11.2. The lowest BCUT2D eigenvalue weighted by Crippen LogP contribution is -2.38. The van der Waals surface area contributed by atoms with Crippen molar-refractivity contribution in [3.8, 4) is 5.88 Å². The van der Waals surface area contributed by atoms with Crippen LogP contribution in [0.25, 0.3) is 0 Å². The van der Waals surface area contributed by atoms with E-state index in [1.54, 1.807) is 6.20 Å². The van der Waals surface area contributed by atoms with Gasteiger partial charge in [-0.2, -0.15) is 13.2 Å². The maximum atomic E-state index is 12.7. The maximum Gasteiger partial charge on any atom is 0.434 e. The van der Waals surface area contributed by atoms with E-state index in [1.165, 1.54) is 0 Å². The van der Waals surface area contributed by atoms with E-state index in [4.69, 9.17) is 4.74 Å². The lowest BCUT2D eigenvalue weighted by Gasteiger charge is -2.31. The quantitative estimate of drug-likeness (QED) is 0.704. The molecule has 2 fully saturated rings. The van der Waals surface area contributed by atoms with Crippen molar-refractivity contribution >= 4 is 11.3 Å². The monoisotopic (exact) mass is 441 g/mol. The van der Waals surface area contributed by atoms with E-state index in [2.05, 4.69) is 31.8 Å². The summed E-state index contributed by atoms with van der Waals surface area (Å²) in [7, 11) is 2.14. The van der Waals surface area contributed by atoms with Crippen molar-refractivity contribution in [3.63, 3.8) is 0 Å². The second kappa shape index (κ2) is 9.15. The van der Waals surface area contributed by atoms with E-state index in [0.29, 0.717) is 23.4 Å². The van der Waals surface area contributed by atoms with Crippen molar-refractivity contribution in [3.05, 3.63) is 34.2 Å². The van der Waals surface area contributed by atoms with Gasteiger partial charge in [-0.1, -0.05) is 0 Å². The number of alkyl halides is 3. The maximum absolute atomic E-state index is 12.7. The normalized spacial score (nSPS) is 20.5. The summed E-state index contributed by atoms with van der Waals surface area (Å²) in [6.07, 6.45) is 3.04. The number of rotatable bonds is 5. The Morgan fingerprint density at radius 2 is 1.80 bits per heavy atom. The van der Waals surface area contributed by atoms with Crippen LogP contribution in [-0.4, -0.2) is 64.1 Å². The molecule has 6 nitrogen and oxygen atoms in total. The summed E-state index contributed by atoms with van der Waals surface area (Å²) in [6.45, 7) is 4.13. The number of piperidine rings is 2. The van der Waals surface area contributed by atoms with Crippen LogP contribution in [0.2, 0.25) is 0 Å². The highest BCUT2D eigenvalue weighted by molar-refractivity contribution is 7.09. The average molecular weight is 442 g/mol. The predicted molar refractivity (Wildman–Crippen MR) is 108 cm³/mol. The molecule has 2 aliphatic rings. The smallest absolute Gasteiger partial charge is 0.434 e. The van der Waals surface area contributed by atoms with Gasteiger partial charge in [0.05, 0.1) is 24.6 Å². The Balaban J connectivity index is 1.23. The number of likely N-dealkylation sites (tertiary alicyclic amines) is 2. The summed E-state index contributed by atoms with van der Waals surface area (Å²) < 4.78 is 44.0. The van der Waals surface area contributed by atoms with Gasteiger partial charge in [-0.05, 0) is 45.8 Å². The molecule has 0 aromatic carbocycles. The Labute approximate surface area is 178 Å². The molecule has 0 unspecified atom stereocenters. The van der Waals surface area contributed by atoms with Crippen LogP contribution in [0.15, 0.2) is 17.8 Å². The van der Waals surface area contributed by atoms with Gasteiger partial charge in [0.15, 0.2) is 5.69 Å². The molecule has 4 heterocycles. The summed E-state index contributed by atoms with van der Waals surface area (Å²) in [5, 5.41) is 1.58. The second-order valence-corrected chi connectivity index (χ2v) is 9.02. The fraction of sp³-hybridized carbons (Fsp3) is 0.650. The summed E-state index contributed by atoms with van der Waals surface area (Å²) in [4.78, 5) is 17.2. The molecule has 4 rings (SSSR count). The number of hydrogen-bond donors (Lipinski definition) is 0. The van der Waals surface area contributed by atoms with Crippen molar-refractivity contribution in [1.29, 1.82) is 0 Å². The van der Waals surface area contributed by atoms with Gasteiger partial charge >= 0.3 is 6.18 Å². The number of nitrogens with zero attached hydrogens (tertiary/aromatic N) is 5. The Bertz CT molecular complexity index is 813. The Hall–Kier alpha value is -1.78. The Kier molecular flexibility index (Phi) is 6.54. The van der Waals surface area contributed by atoms with Gasteiger partial charge in [-0.3, -0.25) is 9.88 Å². The van der Waals surface area contributed by atoms with Gasteiger partial charge in [0.25, 0.3) is 0 Å². The molecule has 2 aliphatic heterocycles. The molecule has 2 aromatic rings. The first kappa shape index (κ1) is 21.5. The van der Waals surface area contributed by atoms with E-state index < -0.39 is 11.9 Å². The zero-order valence-electron chi connectivity index (χ0n) is 16.9. The molecule has 0 bridgehead atoms. The van der Waals surface area contributed by atoms with Crippen LogP contribution in [-0.2, 0) is 12.7 Å². The van der Waals surface area contributed by atoms with Crippen molar-refractivity contribution in [2.75, 3.05) is 33.2 Å². The molecular formula is C20H26F3N5OS. The molecule has 164 valence electrons. The first-order chi connectivity index (χ1) is 14.4. The molecular weight excluding hydrogens is 415 g/mol. The zero-order valence-corrected chi connectivity index (χ0v) is 17.8. The van der Waals surface area contributed by atoms with Gasteiger partial charge in [0, 0.05) is 24.4 Å². The minimum atomic E-state index is -4.38. The molecule has 0 saturated carbocycles. The Morgan fingerprint density at radius 1 is 1.07 bits per heavy atom. The SMILES string of the molecule is CN1CCC(c2cnc(OC3CCN(Cc4nc(C(F)(F)F)cs4)CC3)cn2)CC1. The third-order valence-electron chi connectivity index (χ3n) is 5.81. The fourth-order valence-corrected chi connectivity index (χ4v) is 4.81. The molecule has 30 heavy (non-hydrogen) atoms. The van der Waals surface area contributed by atoms with Crippen molar-refractivity contribution in [2.45, 2.75) is 50.4 Å². The highest BCUT2D eigenvalue weighted by atomic mass is 32.1. The summed E-state index contributed by atoms with van der Waals surface area (Å²) in [5.74, 6) is 1.01. The predicted octanol–water partition coefficient (Wildman–Crippen LogP) is 3.80. The molecule has 0 radical (unpaired) electrons. The third-order valence-corrected chi connectivity index (χ3v) is 6.64. The fourth-order valence-electron chi connectivity index (χ4n) is 3.96. The van der Waals surface area contributed by atoms with Crippen LogP contribution in [0.4, 0.5) is 13.2 Å². The Morgan fingerprint density at radius 3 is 2.40 bits per heavy atom. The first-order valence-electron chi connectivity index (χ1n) is 10.3. The topological polar surface area (TPSA) is 54.4 Å². The highest BCUT2D eigenvalue weighted by Gasteiger charge is 2.34. The van der Waals surface area contributed by atoms with Crippen LogP contribution >= 0.6 is 11.3 Å². The van der Waals surface area contributed by atoms with E-state index in [-0.39, 0.29) is 6.10 Å². The van der Waals surface area contributed by atoms with Crippen LogP contribution in [0.5, 0.6) is 5.88 Å². The van der Waals surface area contributed by atoms with Crippen LogP contribution in [0, 0.1) is 0 Å².